The van der Waals surface area contributed by atoms with Gasteiger partial charge >= 0.3 is 0 Å². The molecule has 1 aromatic heterocycles. The van der Waals surface area contributed by atoms with Crippen molar-refractivity contribution in [1.29, 1.82) is 0 Å². The van der Waals surface area contributed by atoms with E-state index in [1.165, 1.54) is 29.3 Å². The zero-order chi connectivity index (χ0) is 7.97. The molecule has 0 spiro atoms. The van der Waals surface area contributed by atoms with E-state index < -0.39 is 0 Å². The first kappa shape index (κ1) is 6.67. The van der Waals surface area contributed by atoms with Gasteiger partial charge in [0.1, 0.15) is 0 Å². The molecule has 60 valence electrons. The van der Waals surface area contributed by atoms with Crippen LogP contribution < -0.4 is 0 Å². The Morgan fingerprint density at radius 1 is 1.08 bits per heavy atom. The molecule has 1 aliphatic carbocycles. The van der Waals surface area contributed by atoms with Crippen molar-refractivity contribution in [3.05, 3.63) is 34.7 Å². The molecule has 0 aliphatic heterocycles. The van der Waals surface area contributed by atoms with Gasteiger partial charge in [-0.05, 0) is 36.3 Å². The molecule has 0 N–H and O–H groups in total. The van der Waals surface area contributed by atoms with Crippen LogP contribution in [0, 0.1) is 0 Å². The van der Waals surface area contributed by atoms with Gasteiger partial charge in [-0.2, -0.15) is 0 Å². The van der Waals surface area contributed by atoms with Crippen LogP contribution in [0.3, 0.4) is 0 Å². The largest absolute Gasteiger partial charge is 0.140 e. The van der Waals surface area contributed by atoms with E-state index in [2.05, 4.69) is 24.3 Å². The van der Waals surface area contributed by atoms with Crippen LogP contribution in [-0.4, -0.2) is 0 Å². The molecule has 0 bridgehead atoms. The topological polar surface area (TPSA) is 0 Å². The number of hydrogen-bond acceptors (Lipinski definition) is 1. The molecule has 0 radical (unpaired) electrons. The maximum atomic E-state index is 2.26. The SMILES string of the molecule is c1ccc2c3c(sc2c1)CCC3. The maximum Gasteiger partial charge on any atom is 0.0348 e. The molecule has 3 rings (SSSR count). The van der Waals surface area contributed by atoms with E-state index in [1.54, 1.807) is 10.4 Å². The summed E-state index contributed by atoms with van der Waals surface area (Å²) >= 11 is 1.99. The van der Waals surface area contributed by atoms with Crippen molar-refractivity contribution in [1.82, 2.24) is 0 Å². The first-order valence-electron chi connectivity index (χ1n) is 4.44. The smallest absolute Gasteiger partial charge is 0.0348 e. The van der Waals surface area contributed by atoms with E-state index in [0.29, 0.717) is 0 Å². The Hall–Kier alpha value is -0.820. The van der Waals surface area contributed by atoms with Crippen molar-refractivity contribution < 1.29 is 0 Å². The van der Waals surface area contributed by atoms with E-state index >= 15 is 0 Å². The zero-order valence-corrected chi connectivity index (χ0v) is 7.66. The van der Waals surface area contributed by atoms with Gasteiger partial charge in [0.2, 0.25) is 0 Å². The van der Waals surface area contributed by atoms with Gasteiger partial charge < -0.3 is 0 Å². The molecule has 0 unspecified atom stereocenters. The lowest BCUT2D eigenvalue weighted by atomic mass is 10.1. The van der Waals surface area contributed by atoms with Gasteiger partial charge in [-0.3, -0.25) is 0 Å². The minimum absolute atomic E-state index is 1.30. The fraction of sp³-hybridized carbons (Fsp3) is 0.273. The van der Waals surface area contributed by atoms with Crippen molar-refractivity contribution in [3.8, 4) is 0 Å². The summed E-state index contributed by atoms with van der Waals surface area (Å²) in [6, 6.07) is 8.77. The monoisotopic (exact) mass is 174 g/mol. The molecular weight excluding hydrogens is 164 g/mol. The predicted molar refractivity (Wildman–Crippen MR) is 53.9 cm³/mol. The third kappa shape index (κ3) is 0.774. The number of hydrogen-bond donors (Lipinski definition) is 0. The Morgan fingerprint density at radius 2 is 2.00 bits per heavy atom. The lowest BCUT2D eigenvalue weighted by Gasteiger charge is -1.90. The van der Waals surface area contributed by atoms with E-state index in [4.69, 9.17) is 0 Å². The van der Waals surface area contributed by atoms with Crippen LogP contribution in [0.1, 0.15) is 16.9 Å². The zero-order valence-electron chi connectivity index (χ0n) is 6.84. The van der Waals surface area contributed by atoms with Crippen LogP contribution in [-0.2, 0) is 12.8 Å². The molecule has 0 fully saturated rings. The van der Waals surface area contributed by atoms with Crippen molar-refractivity contribution in [2.75, 3.05) is 0 Å². The minimum atomic E-state index is 1.30. The van der Waals surface area contributed by atoms with Gasteiger partial charge in [0.25, 0.3) is 0 Å². The molecule has 12 heavy (non-hydrogen) atoms. The third-order valence-corrected chi connectivity index (χ3v) is 3.89. The molecule has 0 atom stereocenters. The Kier molecular flexibility index (Phi) is 1.30. The van der Waals surface area contributed by atoms with Crippen LogP contribution >= 0.6 is 11.3 Å². The molecule has 1 aromatic carbocycles. The van der Waals surface area contributed by atoms with Gasteiger partial charge in [0.05, 0.1) is 0 Å². The number of rotatable bonds is 0. The number of fused-ring (bicyclic) bond motifs is 3. The highest BCUT2D eigenvalue weighted by molar-refractivity contribution is 7.19. The lowest BCUT2D eigenvalue weighted by Crippen LogP contribution is -1.73. The summed E-state index contributed by atoms with van der Waals surface area (Å²) in [4.78, 5) is 1.64. The number of aryl methyl sites for hydroxylation is 2. The number of benzene rings is 1. The Bertz CT molecular complexity index is 425. The summed E-state index contributed by atoms with van der Waals surface area (Å²) < 4.78 is 1.47. The first-order valence-corrected chi connectivity index (χ1v) is 5.26. The molecule has 1 aliphatic rings. The molecule has 2 aromatic rings. The molecule has 1 heteroatoms. The van der Waals surface area contributed by atoms with Crippen molar-refractivity contribution >= 4 is 21.4 Å². The molecule has 0 nitrogen and oxygen atoms in total. The molecular formula is C11H10S. The van der Waals surface area contributed by atoms with Gasteiger partial charge in [-0.1, -0.05) is 18.2 Å². The fourth-order valence-electron chi connectivity index (χ4n) is 2.05. The summed E-state index contributed by atoms with van der Waals surface area (Å²) in [6.07, 6.45) is 3.99. The Morgan fingerprint density at radius 3 is 3.00 bits per heavy atom. The quantitative estimate of drug-likeness (QED) is 0.574. The maximum absolute atomic E-state index is 2.26. The van der Waals surface area contributed by atoms with Gasteiger partial charge in [0.15, 0.2) is 0 Å². The highest BCUT2D eigenvalue weighted by atomic mass is 32.1. The molecule has 0 amide bonds. The van der Waals surface area contributed by atoms with Crippen molar-refractivity contribution in [2.24, 2.45) is 0 Å². The minimum Gasteiger partial charge on any atom is -0.140 e. The third-order valence-electron chi connectivity index (χ3n) is 2.61. The highest BCUT2D eigenvalue weighted by Crippen LogP contribution is 2.36. The van der Waals surface area contributed by atoms with Crippen LogP contribution in [0.25, 0.3) is 10.1 Å². The van der Waals surface area contributed by atoms with E-state index in [0.717, 1.165) is 0 Å². The summed E-state index contributed by atoms with van der Waals surface area (Å²) in [5, 5.41) is 1.51. The predicted octanol–water partition coefficient (Wildman–Crippen LogP) is 3.39. The normalized spacial score (nSPS) is 15.3. The van der Waals surface area contributed by atoms with E-state index in [-0.39, 0.29) is 0 Å². The second-order valence-corrected chi connectivity index (χ2v) is 4.49. The average Bonchev–Trinajstić information content (AvgIpc) is 2.62. The van der Waals surface area contributed by atoms with E-state index in [1.807, 2.05) is 11.3 Å². The van der Waals surface area contributed by atoms with Crippen LogP contribution in [0.5, 0.6) is 0 Å². The molecule has 1 heterocycles. The van der Waals surface area contributed by atoms with Crippen LogP contribution in [0.15, 0.2) is 24.3 Å². The van der Waals surface area contributed by atoms with Crippen LogP contribution in [0.2, 0.25) is 0 Å². The van der Waals surface area contributed by atoms with Crippen molar-refractivity contribution in [3.63, 3.8) is 0 Å². The summed E-state index contributed by atoms with van der Waals surface area (Å²) in [6.45, 7) is 0. The van der Waals surface area contributed by atoms with E-state index in [9.17, 15) is 0 Å². The van der Waals surface area contributed by atoms with Crippen LogP contribution in [0.4, 0.5) is 0 Å². The lowest BCUT2D eigenvalue weighted by molar-refractivity contribution is 0.917. The highest BCUT2D eigenvalue weighted by Gasteiger charge is 2.16. The van der Waals surface area contributed by atoms with Gasteiger partial charge in [-0.15, -0.1) is 11.3 Å². The summed E-state index contributed by atoms with van der Waals surface area (Å²) in [5.41, 5.74) is 1.63. The summed E-state index contributed by atoms with van der Waals surface area (Å²) in [7, 11) is 0. The van der Waals surface area contributed by atoms with Gasteiger partial charge in [-0.25, -0.2) is 0 Å². The fourth-order valence-corrected chi connectivity index (χ4v) is 3.35. The number of thiophene rings is 1. The standard InChI is InChI=1S/C11H10S/c1-2-6-10-8(4-1)9-5-3-7-11(9)12-10/h1-2,4,6H,3,5,7H2. The second-order valence-electron chi connectivity index (χ2n) is 3.35. The molecule has 0 saturated carbocycles. The summed E-state index contributed by atoms with van der Waals surface area (Å²) in [5.74, 6) is 0. The van der Waals surface area contributed by atoms with Crippen molar-refractivity contribution in [2.45, 2.75) is 19.3 Å². The molecule has 0 saturated heterocycles. The Balaban J connectivity index is 2.44. The average molecular weight is 174 g/mol. The second kappa shape index (κ2) is 2.33. The Labute approximate surface area is 75.8 Å². The van der Waals surface area contributed by atoms with Gasteiger partial charge in [0, 0.05) is 9.58 Å². The first-order chi connectivity index (χ1) is 5.95.